The zero-order chi connectivity index (χ0) is 17.1. The smallest absolute Gasteiger partial charge is 0.254 e. The van der Waals surface area contributed by atoms with E-state index < -0.39 is 0 Å². The molecular weight excluding hydrogens is 324 g/mol. The van der Waals surface area contributed by atoms with E-state index in [1.54, 1.807) is 22.4 Å². The van der Waals surface area contributed by atoms with Crippen LogP contribution in [0.2, 0.25) is 0 Å². The van der Waals surface area contributed by atoms with E-state index in [9.17, 15) is 9.59 Å². The van der Waals surface area contributed by atoms with E-state index in [-0.39, 0.29) is 17.5 Å². The lowest BCUT2D eigenvalue weighted by Crippen LogP contribution is -2.49. The minimum absolute atomic E-state index is 0.0120. The molecule has 1 aromatic rings. The maximum Gasteiger partial charge on any atom is 0.254 e. The van der Waals surface area contributed by atoms with Crippen LogP contribution in [0.15, 0.2) is 16.0 Å². The highest BCUT2D eigenvalue weighted by atomic mass is 32.2. The fourth-order valence-electron chi connectivity index (χ4n) is 3.38. The van der Waals surface area contributed by atoms with Crippen molar-refractivity contribution in [2.45, 2.75) is 44.3 Å². The number of rotatable bonds is 5. The van der Waals surface area contributed by atoms with Gasteiger partial charge in [0.25, 0.3) is 5.56 Å². The van der Waals surface area contributed by atoms with Crippen LogP contribution in [0.5, 0.6) is 0 Å². The lowest BCUT2D eigenvalue weighted by Gasteiger charge is -2.34. The summed E-state index contributed by atoms with van der Waals surface area (Å²) in [5.74, 6) is 0.923. The van der Waals surface area contributed by atoms with Crippen molar-refractivity contribution < 1.29 is 4.79 Å². The molecule has 2 aliphatic heterocycles. The molecule has 1 fully saturated rings. The Morgan fingerprint density at radius 1 is 1.29 bits per heavy atom. The van der Waals surface area contributed by atoms with Crippen molar-refractivity contribution in [3.8, 4) is 0 Å². The Kier molecular flexibility index (Phi) is 5.61. The Morgan fingerprint density at radius 2 is 2.04 bits per heavy atom. The summed E-state index contributed by atoms with van der Waals surface area (Å²) >= 11 is 1.60. The minimum atomic E-state index is -0.0580. The number of likely N-dealkylation sites (N-methyl/N-ethyl adjacent to an activating group) is 1. The summed E-state index contributed by atoms with van der Waals surface area (Å²) in [4.78, 5) is 33.9. The van der Waals surface area contributed by atoms with Crippen molar-refractivity contribution in [3.05, 3.63) is 22.1 Å². The SMILES string of the molecule is CCCc1cc(=O)n2c(n1)SCC2CC(=O)N1CCN(CC)CC1. The van der Waals surface area contributed by atoms with E-state index in [2.05, 4.69) is 23.7 Å². The number of amides is 1. The first kappa shape index (κ1) is 17.5. The van der Waals surface area contributed by atoms with E-state index >= 15 is 0 Å². The van der Waals surface area contributed by atoms with Crippen molar-refractivity contribution in [3.63, 3.8) is 0 Å². The van der Waals surface area contributed by atoms with Crippen LogP contribution in [0.3, 0.4) is 0 Å². The zero-order valence-corrected chi connectivity index (χ0v) is 15.3. The van der Waals surface area contributed by atoms with Gasteiger partial charge in [-0.1, -0.05) is 32.0 Å². The summed E-state index contributed by atoms with van der Waals surface area (Å²) in [6, 6.07) is 1.58. The van der Waals surface area contributed by atoms with Crippen LogP contribution < -0.4 is 5.56 Å². The number of hydrogen-bond donors (Lipinski definition) is 0. The fourth-order valence-corrected chi connectivity index (χ4v) is 4.55. The molecule has 1 amide bonds. The molecule has 1 aromatic heterocycles. The van der Waals surface area contributed by atoms with Gasteiger partial charge in [-0.15, -0.1) is 0 Å². The molecule has 0 bridgehead atoms. The van der Waals surface area contributed by atoms with E-state index in [1.807, 2.05) is 4.90 Å². The van der Waals surface area contributed by atoms with Gasteiger partial charge in [0.15, 0.2) is 5.16 Å². The number of piperazine rings is 1. The first-order valence-corrected chi connectivity index (χ1v) is 9.86. The first-order valence-electron chi connectivity index (χ1n) is 8.87. The molecule has 2 aliphatic rings. The lowest BCUT2D eigenvalue weighted by molar-refractivity contribution is -0.133. The van der Waals surface area contributed by atoms with Gasteiger partial charge in [0.1, 0.15) is 0 Å². The second-order valence-corrected chi connectivity index (χ2v) is 7.46. The maximum atomic E-state index is 12.6. The van der Waals surface area contributed by atoms with Crippen molar-refractivity contribution in [2.75, 3.05) is 38.5 Å². The third-order valence-corrected chi connectivity index (χ3v) is 5.93. The van der Waals surface area contributed by atoms with Crippen LogP contribution in [0.25, 0.3) is 0 Å². The molecule has 6 nitrogen and oxygen atoms in total. The molecule has 1 atom stereocenters. The van der Waals surface area contributed by atoms with Gasteiger partial charge >= 0.3 is 0 Å². The minimum Gasteiger partial charge on any atom is -0.340 e. The number of aromatic nitrogens is 2. The molecule has 1 unspecified atom stereocenters. The standard InChI is InChI=1S/C17H26N4O2S/c1-3-5-13-10-16(23)21-14(12-24-17(21)18-13)11-15(22)20-8-6-19(4-2)7-9-20/h10,14H,3-9,11-12H2,1-2H3. The van der Waals surface area contributed by atoms with E-state index in [1.165, 1.54) is 0 Å². The zero-order valence-electron chi connectivity index (χ0n) is 14.5. The van der Waals surface area contributed by atoms with Gasteiger partial charge < -0.3 is 9.80 Å². The van der Waals surface area contributed by atoms with Crippen molar-refractivity contribution in [1.29, 1.82) is 0 Å². The molecule has 3 rings (SSSR count). The quantitative estimate of drug-likeness (QED) is 0.751. The average Bonchev–Trinajstić information content (AvgIpc) is 2.98. The van der Waals surface area contributed by atoms with Gasteiger partial charge in [0.05, 0.1) is 6.04 Å². The molecule has 0 aromatic carbocycles. The Balaban J connectivity index is 1.66. The summed E-state index contributed by atoms with van der Waals surface area (Å²) in [5, 5.41) is 0.777. The summed E-state index contributed by atoms with van der Waals surface area (Å²) in [5.41, 5.74) is 0.853. The van der Waals surface area contributed by atoms with Gasteiger partial charge in [-0.05, 0) is 13.0 Å². The number of thioether (sulfide) groups is 1. The Bertz CT molecular complexity index is 652. The predicted octanol–water partition coefficient (Wildman–Crippen LogP) is 1.40. The normalized spacial score (nSPS) is 21.1. The summed E-state index contributed by atoms with van der Waals surface area (Å²) in [6.07, 6.45) is 2.21. The molecular formula is C17H26N4O2S. The molecule has 0 spiro atoms. The Morgan fingerprint density at radius 3 is 2.71 bits per heavy atom. The third kappa shape index (κ3) is 3.67. The Hall–Kier alpha value is -1.34. The highest BCUT2D eigenvalue weighted by Crippen LogP contribution is 2.32. The van der Waals surface area contributed by atoms with Gasteiger partial charge in [-0.2, -0.15) is 0 Å². The molecule has 7 heteroatoms. The summed E-state index contributed by atoms with van der Waals surface area (Å²) < 4.78 is 1.73. The lowest BCUT2D eigenvalue weighted by atomic mass is 10.2. The van der Waals surface area contributed by atoms with Gasteiger partial charge in [-0.3, -0.25) is 14.2 Å². The molecule has 24 heavy (non-hydrogen) atoms. The second kappa shape index (κ2) is 7.70. The number of fused-ring (bicyclic) bond motifs is 1. The van der Waals surface area contributed by atoms with Crippen LogP contribution in [0.1, 0.15) is 38.4 Å². The molecule has 0 N–H and O–H groups in total. The van der Waals surface area contributed by atoms with E-state index in [0.717, 1.165) is 62.2 Å². The molecule has 0 aliphatic carbocycles. The van der Waals surface area contributed by atoms with Gasteiger partial charge in [-0.25, -0.2) is 4.98 Å². The van der Waals surface area contributed by atoms with Crippen LogP contribution >= 0.6 is 11.8 Å². The van der Waals surface area contributed by atoms with Crippen molar-refractivity contribution in [2.24, 2.45) is 0 Å². The van der Waals surface area contributed by atoms with Gasteiger partial charge in [0.2, 0.25) is 5.91 Å². The monoisotopic (exact) mass is 350 g/mol. The predicted molar refractivity (Wildman–Crippen MR) is 95.6 cm³/mol. The molecule has 132 valence electrons. The fraction of sp³-hybridized carbons (Fsp3) is 0.706. The average molecular weight is 350 g/mol. The van der Waals surface area contributed by atoms with Gasteiger partial charge in [0, 0.05) is 50.1 Å². The van der Waals surface area contributed by atoms with Crippen molar-refractivity contribution in [1.82, 2.24) is 19.4 Å². The number of carbonyl (C=O) groups excluding carboxylic acids is 1. The largest absolute Gasteiger partial charge is 0.340 e. The summed E-state index contributed by atoms with van der Waals surface area (Å²) in [7, 11) is 0. The number of nitrogens with zero attached hydrogens (tertiary/aromatic N) is 4. The summed E-state index contributed by atoms with van der Waals surface area (Å²) in [6.45, 7) is 8.75. The topological polar surface area (TPSA) is 58.4 Å². The molecule has 0 saturated carbocycles. The number of aryl methyl sites for hydroxylation is 1. The molecule has 1 saturated heterocycles. The van der Waals surface area contributed by atoms with E-state index in [4.69, 9.17) is 0 Å². The van der Waals surface area contributed by atoms with Crippen LogP contribution in [0, 0.1) is 0 Å². The van der Waals surface area contributed by atoms with E-state index in [0.29, 0.717) is 6.42 Å². The molecule has 0 radical (unpaired) electrons. The second-order valence-electron chi connectivity index (χ2n) is 6.47. The maximum absolute atomic E-state index is 12.6. The Labute approximate surface area is 147 Å². The van der Waals surface area contributed by atoms with Crippen LogP contribution in [-0.2, 0) is 11.2 Å². The highest BCUT2D eigenvalue weighted by molar-refractivity contribution is 7.99. The number of hydrogen-bond acceptors (Lipinski definition) is 5. The van der Waals surface area contributed by atoms with Crippen LogP contribution in [0.4, 0.5) is 0 Å². The third-order valence-electron chi connectivity index (χ3n) is 4.83. The highest BCUT2D eigenvalue weighted by Gasteiger charge is 2.30. The molecule has 3 heterocycles. The van der Waals surface area contributed by atoms with Crippen molar-refractivity contribution >= 4 is 17.7 Å². The number of carbonyl (C=O) groups is 1. The van der Waals surface area contributed by atoms with Crippen LogP contribution in [-0.4, -0.2) is 63.7 Å². The first-order chi connectivity index (χ1) is 11.6.